The van der Waals surface area contributed by atoms with Crippen molar-refractivity contribution in [1.82, 2.24) is 0 Å². The summed E-state index contributed by atoms with van der Waals surface area (Å²) in [5, 5.41) is 19.4. The number of thiol groups is 1. The van der Waals surface area contributed by atoms with Crippen LogP contribution in [0, 0.1) is 0 Å². The Labute approximate surface area is 107 Å². The molecule has 4 nitrogen and oxygen atoms in total. The van der Waals surface area contributed by atoms with E-state index >= 15 is 0 Å². The minimum atomic E-state index is -3.30. The van der Waals surface area contributed by atoms with Gasteiger partial charge in [0.25, 0.3) is 0 Å². The summed E-state index contributed by atoms with van der Waals surface area (Å²) in [6, 6.07) is 5.96. The van der Waals surface area contributed by atoms with Gasteiger partial charge in [0.05, 0.1) is 11.0 Å². The van der Waals surface area contributed by atoms with Crippen LogP contribution in [0.2, 0.25) is 0 Å². The third-order valence-corrected chi connectivity index (χ3v) is 3.79. The second-order valence-electron chi connectivity index (χ2n) is 3.87. The molecule has 0 amide bonds. The highest BCUT2D eigenvalue weighted by Crippen LogP contribution is 2.22. The molecule has 0 radical (unpaired) electrons. The number of hydrogen-bond acceptors (Lipinski definition) is 5. The lowest BCUT2D eigenvalue weighted by molar-refractivity contribution is 0.0171. The van der Waals surface area contributed by atoms with Crippen LogP contribution in [0.3, 0.4) is 0 Å². The summed E-state index contributed by atoms with van der Waals surface area (Å²) in [4.78, 5) is 0.132. The van der Waals surface area contributed by atoms with Crippen molar-refractivity contribution in [3.63, 3.8) is 0 Å². The third kappa shape index (κ3) is 3.99. The molecular weight excluding hydrogens is 260 g/mol. The molecule has 0 aromatic heterocycles. The summed E-state index contributed by atoms with van der Waals surface area (Å²) < 4.78 is 22.7. The number of aliphatic hydroxyl groups excluding tert-OH is 2. The first-order valence-corrected chi connectivity index (χ1v) is 7.65. The van der Waals surface area contributed by atoms with Crippen molar-refractivity contribution in [2.45, 2.75) is 23.5 Å². The molecule has 0 fully saturated rings. The molecular formula is C11H16O4S2. The maximum Gasteiger partial charge on any atom is 0.175 e. The van der Waals surface area contributed by atoms with E-state index in [-0.39, 0.29) is 4.90 Å². The van der Waals surface area contributed by atoms with Crippen LogP contribution in [-0.4, -0.2) is 36.7 Å². The van der Waals surface area contributed by atoms with Crippen LogP contribution in [0.25, 0.3) is 0 Å². The molecule has 0 saturated heterocycles. The largest absolute Gasteiger partial charge is 0.390 e. The number of benzene rings is 1. The molecule has 0 heterocycles. The summed E-state index contributed by atoms with van der Waals surface area (Å²) in [5.74, 6) is 0.448. The zero-order valence-electron chi connectivity index (χ0n) is 9.44. The molecule has 1 aromatic carbocycles. The van der Waals surface area contributed by atoms with Gasteiger partial charge in [0.1, 0.15) is 6.10 Å². The van der Waals surface area contributed by atoms with Gasteiger partial charge < -0.3 is 10.2 Å². The first kappa shape index (κ1) is 14.5. The molecule has 0 spiro atoms. The number of sulfone groups is 1. The average Bonchev–Trinajstić information content (AvgIpc) is 2.27. The van der Waals surface area contributed by atoms with Gasteiger partial charge in [-0.05, 0) is 29.9 Å². The van der Waals surface area contributed by atoms with E-state index in [4.69, 9.17) is 0 Å². The van der Waals surface area contributed by atoms with Crippen molar-refractivity contribution in [2.75, 3.05) is 12.0 Å². The smallest absolute Gasteiger partial charge is 0.175 e. The molecule has 6 heteroatoms. The highest BCUT2D eigenvalue weighted by molar-refractivity contribution is 7.90. The van der Waals surface area contributed by atoms with Crippen molar-refractivity contribution >= 4 is 22.5 Å². The summed E-state index contributed by atoms with van der Waals surface area (Å²) in [7, 11) is -3.30. The number of aliphatic hydroxyl groups is 2. The van der Waals surface area contributed by atoms with Crippen LogP contribution in [0.1, 0.15) is 18.1 Å². The molecule has 2 unspecified atom stereocenters. The van der Waals surface area contributed by atoms with Crippen molar-refractivity contribution in [1.29, 1.82) is 0 Å². The van der Waals surface area contributed by atoms with Crippen molar-refractivity contribution < 1.29 is 18.6 Å². The fourth-order valence-corrected chi connectivity index (χ4v) is 2.38. The number of hydrogen-bond donors (Lipinski definition) is 3. The third-order valence-electron chi connectivity index (χ3n) is 2.42. The molecule has 0 aliphatic carbocycles. The SMILES string of the molecule is CS(=O)(=O)c1cccc(C(O)C(O)CCS)c1. The maximum absolute atomic E-state index is 11.3. The standard InChI is InChI=1S/C11H16O4S2/c1-17(14,15)9-4-2-3-8(7-9)11(13)10(12)5-6-16/h2-4,7,10-13,16H,5-6H2,1H3. The zero-order valence-corrected chi connectivity index (χ0v) is 11.2. The van der Waals surface area contributed by atoms with E-state index in [0.717, 1.165) is 6.26 Å². The van der Waals surface area contributed by atoms with E-state index < -0.39 is 22.0 Å². The summed E-state index contributed by atoms with van der Waals surface area (Å²) in [6.07, 6.45) is -0.595. The first-order valence-electron chi connectivity index (χ1n) is 5.13. The molecule has 0 bridgehead atoms. The maximum atomic E-state index is 11.3. The van der Waals surface area contributed by atoms with Crippen LogP contribution in [0.15, 0.2) is 29.2 Å². The normalized spacial score (nSPS) is 15.5. The average molecular weight is 276 g/mol. The van der Waals surface area contributed by atoms with E-state index in [2.05, 4.69) is 12.6 Å². The minimum Gasteiger partial charge on any atom is -0.390 e. The molecule has 0 aliphatic heterocycles. The van der Waals surface area contributed by atoms with Crippen LogP contribution in [0.5, 0.6) is 0 Å². The predicted molar refractivity (Wildman–Crippen MR) is 69.0 cm³/mol. The van der Waals surface area contributed by atoms with Crippen molar-refractivity contribution in [3.05, 3.63) is 29.8 Å². The predicted octanol–water partition coefficient (Wildman–Crippen LogP) is 0.804. The van der Waals surface area contributed by atoms with Gasteiger partial charge in [0.15, 0.2) is 9.84 Å². The lowest BCUT2D eigenvalue weighted by Crippen LogP contribution is -2.19. The quantitative estimate of drug-likeness (QED) is 0.696. The van der Waals surface area contributed by atoms with Crippen molar-refractivity contribution in [3.8, 4) is 0 Å². The summed E-state index contributed by atoms with van der Waals surface area (Å²) in [6.45, 7) is 0. The van der Waals surface area contributed by atoms with Gasteiger partial charge >= 0.3 is 0 Å². The van der Waals surface area contributed by atoms with Gasteiger partial charge in [-0.1, -0.05) is 12.1 Å². The van der Waals surface area contributed by atoms with E-state index in [1.54, 1.807) is 12.1 Å². The Morgan fingerprint density at radius 3 is 2.53 bits per heavy atom. The second-order valence-corrected chi connectivity index (χ2v) is 6.33. The Kier molecular flexibility index (Phi) is 5.00. The van der Waals surface area contributed by atoms with Gasteiger partial charge in [-0.3, -0.25) is 0 Å². The van der Waals surface area contributed by atoms with Crippen molar-refractivity contribution in [2.24, 2.45) is 0 Å². The fraction of sp³-hybridized carbons (Fsp3) is 0.455. The molecule has 2 atom stereocenters. The fourth-order valence-electron chi connectivity index (χ4n) is 1.44. The monoisotopic (exact) mass is 276 g/mol. The van der Waals surface area contributed by atoms with E-state index in [9.17, 15) is 18.6 Å². The van der Waals surface area contributed by atoms with Gasteiger partial charge in [-0.15, -0.1) is 0 Å². The first-order chi connectivity index (χ1) is 7.86. The van der Waals surface area contributed by atoms with Crippen LogP contribution in [-0.2, 0) is 9.84 Å². The Bertz CT molecular complexity index is 470. The second kappa shape index (κ2) is 5.86. The molecule has 0 saturated carbocycles. The molecule has 0 aliphatic rings. The molecule has 2 N–H and O–H groups in total. The Morgan fingerprint density at radius 1 is 1.35 bits per heavy atom. The van der Waals surface area contributed by atoms with E-state index in [1.165, 1.54) is 12.1 Å². The molecule has 96 valence electrons. The molecule has 1 rings (SSSR count). The van der Waals surface area contributed by atoms with Gasteiger partial charge in [0.2, 0.25) is 0 Å². The Balaban J connectivity index is 3.00. The van der Waals surface area contributed by atoms with Gasteiger partial charge in [-0.25, -0.2) is 8.42 Å². The van der Waals surface area contributed by atoms with E-state index in [0.29, 0.717) is 17.7 Å². The zero-order chi connectivity index (χ0) is 13.1. The van der Waals surface area contributed by atoms with Crippen LogP contribution in [0.4, 0.5) is 0 Å². The number of rotatable bonds is 5. The summed E-state index contributed by atoms with van der Waals surface area (Å²) in [5.41, 5.74) is 0.391. The molecule has 17 heavy (non-hydrogen) atoms. The lowest BCUT2D eigenvalue weighted by atomic mass is 10.0. The highest BCUT2D eigenvalue weighted by Gasteiger charge is 2.19. The Morgan fingerprint density at radius 2 is 2.00 bits per heavy atom. The topological polar surface area (TPSA) is 74.6 Å². The van der Waals surface area contributed by atoms with Crippen LogP contribution < -0.4 is 0 Å². The van der Waals surface area contributed by atoms with E-state index in [1.807, 2.05) is 0 Å². The highest BCUT2D eigenvalue weighted by atomic mass is 32.2. The van der Waals surface area contributed by atoms with Gasteiger partial charge in [-0.2, -0.15) is 12.6 Å². The molecule has 1 aromatic rings. The summed E-state index contributed by atoms with van der Waals surface area (Å²) >= 11 is 3.97. The Hall–Kier alpha value is -0.560. The lowest BCUT2D eigenvalue weighted by Gasteiger charge is -2.17. The van der Waals surface area contributed by atoms with Gasteiger partial charge in [0, 0.05) is 6.26 Å². The van der Waals surface area contributed by atoms with Crippen LogP contribution >= 0.6 is 12.6 Å². The minimum absolute atomic E-state index is 0.132.